The highest BCUT2D eigenvalue weighted by atomic mass is 32.2. The molecule has 0 heterocycles. The van der Waals surface area contributed by atoms with Crippen LogP contribution in [0.25, 0.3) is 0 Å². The predicted octanol–water partition coefficient (Wildman–Crippen LogP) is 2.60. The van der Waals surface area contributed by atoms with Gasteiger partial charge in [-0.15, -0.1) is 0 Å². The maximum atomic E-state index is 10.9. The number of rotatable bonds is 13. The van der Waals surface area contributed by atoms with Crippen LogP contribution >= 0.6 is 11.8 Å². The number of carbonyl (C=O) groups excluding carboxylic acids is 1. The number of amides is 1. The first-order valence-corrected chi connectivity index (χ1v) is 9.88. The molecule has 1 atom stereocenters. The Balaban J connectivity index is 3.54. The number of nitrogens with two attached hydrogens (primary N) is 1. The normalized spacial score (nSPS) is 13.3. The van der Waals surface area contributed by atoms with Crippen molar-refractivity contribution < 1.29 is 17.8 Å². The van der Waals surface area contributed by atoms with Crippen molar-refractivity contribution in [3.05, 3.63) is 0 Å². The molecular weight excluding hydrogens is 298 g/mol. The van der Waals surface area contributed by atoms with Crippen molar-refractivity contribution in [3.63, 3.8) is 0 Å². The standard InChI is InChI=1S/C13H27NO4S2/c1-2-3-4-5-6-7-8-9-10-19-11-12(13(14)15)20(16,17)18/h12H,2-11H2,1H3,(H2,14,15)(H,16,17,18). The molecule has 120 valence electrons. The third-order valence-corrected chi connectivity index (χ3v) is 5.56. The summed E-state index contributed by atoms with van der Waals surface area (Å²) in [5, 5.41) is -1.48. The Morgan fingerprint density at radius 2 is 1.60 bits per heavy atom. The topological polar surface area (TPSA) is 97.5 Å². The number of hydrogen-bond acceptors (Lipinski definition) is 4. The second kappa shape index (κ2) is 11.4. The third-order valence-electron chi connectivity index (χ3n) is 3.09. The summed E-state index contributed by atoms with van der Waals surface area (Å²) in [6.07, 6.45) is 9.71. The van der Waals surface area contributed by atoms with Crippen LogP contribution < -0.4 is 5.73 Å². The van der Waals surface area contributed by atoms with Crippen molar-refractivity contribution in [2.24, 2.45) is 5.73 Å². The lowest BCUT2D eigenvalue weighted by molar-refractivity contribution is -0.117. The maximum Gasteiger partial charge on any atom is 0.277 e. The summed E-state index contributed by atoms with van der Waals surface area (Å²) in [6, 6.07) is 0. The summed E-state index contributed by atoms with van der Waals surface area (Å²) in [5.74, 6) is -0.172. The zero-order valence-electron chi connectivity index (χ0n) is 12.2. The molecule has 0 fully saturated rings. The van der Waals surface area contributed by atoms with E-state index in [1.807, 2.05) is 0 Å². The van der Waals surface area contributed by atoms with Gasteiger partial charge in [-0.3, -0.25) is 9.35 Å². The van der Waals surface area contributed by atoms with Crippen molar-refractivity contribution in [3.8, 4) is 0 Å². The van der Waals surface area contributed by atoms with Gasteiger partial charge in [-0.25, -0.2) is 0 Å². The van der Waals surface area contributed by atoms with Crippen molar-refractivity contribution in [2.75, 3.05) is 11.5 Å². The van der Waals surface area contributed by atoms with Crippen LogP contribution in [0.3, 0.4) is 0 Å². The van der Waals surface area contributed by atoms with Crippen LogP contribution in [0, 0.1) is 0 Å². The fourth-order valence-corrected chi connectivity index (χ4v) is 4.07. The molecule has 0 spiro atoms. The van der Waals surface area contributed by atoms with E-state index in [9.17, 15) is 13.2 Å². The quantitative estimate of drug-likeness (QED) is 0.401. The van der Waals surface area contributed by atoms with E-state index in [2.05, 4.69) is 6.92 Å². The average Bonchev–Trinajstić information content (AvgIpc) is 2.34. The smallest absolute Gasteiger partial charge is 0.277 e. The molecule has 1 amide bonds. The summed E-state index contributed by atoms with van der Waals surface area (Å²) in [5.41, 5.74) is 4.95. The van der Waals surface area contributed by atoms with E-state index in [1.165, 1.54) is 50.3 Å². The summed E-state index contributed by atoms with van der Waals surface area (Å²) in [7, 11) is -4.37. The molecule has 0 aliphatic heterocycles. The third kappa shape index (κ3) is 10.5. The van der Waals surface area contributed by atoms with Gasteiger partial charge in [0, 0.05) is 5.75 Å². The Kier molecular flexibility index (Phi) is 11.2. The van der Waals surface area contributed by atoms with E-state index in [0.717, 1.165) is 18.6 Å². The van der Waals surface area contributed by atoms with Gasteiger partial charge in [-0.1, -0.05) is 51.9 Å². The van der Waals surface area contributed by atoms with Crippen LogP contribution in [0.5, 0.6) is 0 Å². The fraction of sp³-hybridized carbons (Fsp3) is 0.923. The van der Waals surface area contributed by atoms with Crippen LogP contribution in [-0.4, -0.2) is 35.6 Å². The average molecular weight is 325 g/mol. The monoisotopic (exact) mass is 325 g/mol. The molecule has 0 radical (unpaired) electrons. The highest BCUT2D eigenvalue weighted by molar-refractivity contribution is 8.00. The van der Waals surface area contributed by atoms with E-state index in [4.69, 9.17) is 10.3 Å². The molecule has 0 aromatic rings. The van der Waals surface area contributed by atoms with Crippen LogP contribution in [0.15, 0.2) is 0 Å². The molecule has 0 aliphatic rings. The Hall–Kier alpha value is -0.270. The molecule has 5 nitrogen and oxygen atoms in total. The van der Waals surface area contributed by atoms with E-state index < -0.39 is 21.3 Å². The minimum atomic E-state index is -4.37. The first kappa shape index (κ1) is 19.7. The number of carbonyl (C=O) groups is 1. The van der Waals surface area contributed by atoms with Crippen LogP contribution in [0.4, 0.5) is 0 Å². The molecule has 3 N–H and O–H groups in total. The van der Waals surface area contributed by atoms with Gasteiger partial charge in [0.15, 0.2) is 5.25 Å². The van der Waals surface area contributed by atoms with Gasteiger partial charge in [0.25, 0.3) is 10.1 Å². The van der Waals surface area contributed by atoms with E-state index in [-0.39, 0.29) is 5.75 Å². The first-order valence-electron chi connectivity index (χ1n) is 7.23. The predicted molar refractivity (Wildman–Crippen MR) is 84.5 cm³/mol. The fourth-order valence-electron chi connectivity index (χ4n) is 1.84. The van der Waals surface area contributed by atoms with Gasteiger partial charge in [0.05, 0.1) is 0 Å². The lowest BCUT2D eigenvalue weighted by Gasteiger charge is -2.09. The number of thioether (sulfide) groups is 1. The van der Waals surface area contributed by atoms with Crippen LogP contribution in [0.2, 0.25) is 0 Å². The van der Waals surface area contributed by atoms with Gasteiger partial charge in [-0.05, 0) is 12.2 Å². The molecule has 7 heteroatoms. The van der Waals surface area contributed by atoms with Gasteiger partial charge >= 0.3 is 0 Å². The lowest BCUT2D eigenvalue weighted by atomic mass is 10.1. The highest BCUT2D eigenvalue weighted by Crippen LogP contribution is 2.14. The molecule has 0 aliphatic carbocycles. The summed E-state index contributed by atoms with van der Waals surface area (Å²) in [4.78, 5) is 10.9. The van der Waals surface area contributed by atoms with E-state index in [0.29, 0.717) is 0 Å². The van der Waals surface area contributed by atoms with Crippen molar-refractivity contribution in [2.45, 2.75) is 63.5 Å². The van der Waals surface area contributed by atoms with Gasteiger partial charge in [0.2, 0.25) is 5.91 Å². The van der Waals surface area contributed by atoms with Crippen molar-refractivity contribution >= 4 is 27.8 Å². The molecule has 0 saturated carbocycles. The number of unbranched alkanes of at least 4 members (excludes halogenated alkanes) is 7. The molecule has 1 unspecified atom stereocenters. The molecule has 0 bridgehead atoms. The Labute approximate surface area is 126 Å². The minimum absolute atomic E-state index is 0.0324. The highest BCUT2D eigenvalue weighted by Gasteiger charge is 2.28. The zero-order chi connectivity index (χ0) is 15.4. The molecule has 0 saturated heterocycles. The molecule has 0 rings (SSSR count). The second-order valence-electron chi connectivity index (χ2n) is 4.96. The van der Waals surface area contributed by atoms with Gasteiger partial charge < -0.3 is 5.73 Å². The SMILES string of the molecule is CCCCCCCCCCSCC(C(N)=O)S(=O)(=O)O. The Bertz CT molecular complexity index is 357. The summed E-state index contributed by atoms with van der Waals surface area (Å²) < 4.78 is 30.7. The van der Waals surface area contributed by atoms with Gasteiger partial charge in [0.1, 0.15) is 0 Å². The van der Waals surface area contributed by atoms with Crippen LogP contribution in [-0.2, 0) is 14.9 Å². The van der Waals surface area contributed by atoms with E-state index >= 15 is 0 Å². The van der Waals surface area contributed by atoms with Gasteiger partial charge in [-0.2, -0.15) is 20.2 Å². The lowest BCUT2D eigenvalue weighted by Crippen LogP contribution is -2.37. The van der Waals surface area contributed by atoms with Crippen molar-refractivity contribution in [1.82, 2.24) is 0 Å². The first-order chi connectivity index (χ1) is 9.39. The number of primary amides is 1. The van der Waals surface area contributed by atoms with Crippen LogP contribution in [0.1, 0.15) is 58.3 Å². The minimum Gasteiger partial charge on any atom is -0.368 e. The zero-order valence-corrected chi connectivity index (χ0v) is 13.8. The molecular formula is C13H27NO4S2. The number of hydrogen-bond donors (Lipinski definition) is 2. The van der Waals surface area contributed by atoms with E-state index in [1.54, 1.807) is 0 Å². The molecule has 0 aromatic heterocycles. The molecule has 0 aromatic carbocycles. The largest absolute Gasteiger partial charge is 0.368 e. The second-order valence-corrected chi connectivity index (χ2v) is 7.70. The Morgan fingerprint density at radius 1 is 1.10 bits per heavy atom. The maximum absolute atomic E-state index is 10.9. The Morgan fingerprint density at radius 3 is 2.05 bits per heavy atom. The van der Waals surface area contributed by atoms with Crippen molar-refractivity contribution in [1.29, 1.82) is 0 Å². The molecule has 20 heavy (non-hydrogen) atoms. The summed E-state index contributed by atoms with van der Waals surface area (Å²) in [6.45, 7) is 2.20. The summed E-state index contributed by atoms with van der Waals surface area (Å²) >= 11 is 1.35.